The van der Waals surface area contributed by atoms with E-state index < -0.39 is 12.4 Å². The van der Waals surface area contributed by atoms with Gasteiger partial charge < -0.3 is 19.2 Å². The maximum absolute atomic E-state index is 12.9. The van der Waals surface area contributed by atoms with Crippen molar-refractivity contribution in [3.05, 3.63) is 59.3 Å². The monoisotopic (exact) mass is 398 g/mol. The minimum absolute atomic E-state index is 0.0206. The van der Waals surface area contributed by atoms with Gasteiger partial charge in [-0.05, 0) is 29.8 Å². The molecule has 0 bridgehead atoms. The van der Waals surface area contributed by atoms with Crippen LogP contribution < -0.4 is 14.2 Å². The highest BCUT2D eigenvalue weighted by Crippen LogP contribution is 2.40. The number of allylic oxidation sites excluding steroid dienone is 1. The standard InChI is InChI=1S/C21H16F2N2O4/c1-27-17-8-12(9-18(28-2)20(17)29-21(22)23)7-13(10-24)19(26)15-11-25-16-6-4-3-5-14(15)16/h3-9,11,21,25H,1-2H3/b13-7+. The number of benzene rings is 2. The number of nitrogens with one attached hydrogen (secondary N) is 1. The molecule has 0 aliphatic rings. The van der Waals surface area contributed by atoms with Gasteiger partial charge in [-0.1, -0.05) is 18.2 Å². The molecule has 0 amide bonds. The predicted octanol–water partition coefficient (Wildman–Crippen LogP) is 4.58. The molecule has 1 aromatic heterocycles. The van der Waals surface area contributed by atoms with Crippen LogP contribution in [0.4, 0.5) is 8.78 Å². The van der Waals surface area contributed by atoms with E-state index in [-0.39, 0.29) is 22.8 Å². The molecule has 0 aliphatic heterocycles. The fourth-order valence-electron chi connectivity index (χ4n) is 2.91. The number of alkyl halides is 2. The fourth-order valence-corrected chi connectivity index (χ4v) is 2.91. The van der Waals surface area contributed by atoms with Crippen LogP contribution in [0, 0.1) is 11.3 Å². The van der Waals surface area contributed by atoms with Crippen molar-refractivity contribution in [3.8, 4) is 23.3 Å². The summed E-state index contributed by atoms with van der Waals surface area (Å²) in [5, 5.41) is 10.2. The highest BCUT2D eigenvalue weighted by molar-refractivity contribution is 6.19. The lowest BCUT2D eigenvalue weighted by atomic mass is 10.0. The second-order valence-corrected chi connectivity index (χ2v) is 5.88. The summed E-state index contributed by atoms with van der Waals surface area (Å²) in [4.78, 5) is 15.9. The van der Waals surface area contributed by atoms with Crippen molar-refractivity contribution in [2.24, 2.45) is 0 Å². The van der Waals surface area contributed by atoms with Gasteiger partial charge in [-0.2, -0.15) is 14.0 Å². The van der Waals surface area contributed by atoms with Crippen molar-refractivity contribution in [3.63, 3.8) is 0 Å². The first-order valence-electron chi connectivity index (χ1n) is 8.42. The third-order valence-electron chi connectivity index (χ3n) is 4.20. The van der Waals surface area contributed by atoms with Gasteiger partial charge in [0.25, 0.3) is 0 Å². The van der Waals surface area contributed by atoms with Crippen molar-refractivity contribution < 1.29 is 27.8 Å². The summed E-state index contributed by atoms with van der Waals surface area (Å²) in [6, 6.07) is 11.9. The number of H-pyrrole nitrogens is 1. The van der Waals surface area contributed by atoms with Crippen LogP contribution in [-0.4, -0.2) is 31.6 Å². The summed E-state index contributed by atoms with van der Waals surface area (Å²) in [7, 11) is 2.56. The lowest BCUT2D eigenvalue weighted by Gasteiger charge is -2.14. The summed E-state index contributed by atoms with van der Waals surface area (Å²) < 4.78 is 40.0. The Hall–Kier alpha value is -3.86. The van der Waals surface area contributed by atoms with Gasteiger partial charge in [-0.3, -0.25) is 4.79 Å². The van der Waals surface area contributed by atoms with Crippen LogP contribution in [0.15, 0.2) is 48.2 Å². The van der Waals surface area contributed by atoms with Crippen molar-refractivity contribution in [1.29, 1.82) is 5.26 Å². The number of fused-ring (bicyclic) bond motifs is 1. The predicted molar refractivity (Wildman–Crippen MR) is 102 cm³/mol. The highest BCUT2D eigenvalue weighted by Gasteiger charge is 2.20. The quantitative estimate of drug-likeness (QED) is 0.358. The lowest BCUT2D eigenvalue weighted by Crippen LogP contribution is -2.06. The Labute approximate surface area is 164 Å². The number of methoxy groups -OCH3 is 2. The van der Waals surface area contributed by atoms with E-state index in [1.165, 1.54) is 32.4 Å². The molecule has 0 saturated heterocycles. The molecule has 8 heteroatoms. The molecule has 1 N–H and O–H groups in total. The van der Waals surface area contributed by atoms with Gasteiger partial charge in [0.05, 0.1) is 14.2 Å². The number of carbonyl (C=O) groups is 1. The van der Waals surface area contributed by atoms with Crippen LogP contribution >= 0.6 is 0 Å². The largest absolute Gasteiger partial charge is 0.493 e. The number of nitrogens with zero attached hydrogens (tertiary/aromatic N) is 1. The van der Waals surface area contributed by atoms with Crippen molar-refractivity contribution >= 4 is 22.8 Å². The van der Waals surface area contributed by atoms with Gasteiger partial charge in [0.15, 0.2) is 11.5 Å². The number of hydrogen-bond donors (Lipinski definition) is 1. The number of hydrogen-bond acceptors (Lipinski definition) is 5. The number of rotatable bonds is 7. The Bertz CT molecular complexity index is 1100. The van der Waals surface area contributed by atoms with Gasteiger partial charge in [0.1, 0.15) is 11.6 Å². The molecule has 3 aromatic rings. The van der Waals surface area contributed by atoms with Gasteiger partial charge in [0.2, 0.25) is 11.5 Å². The zero-order valence-electron chi connectivity index (χ0n) is 15.5. The molecule has 1 heterocycles. The third kappa shape index (κ3) is 4.04. The van der Waals surface area contributed by atoms with Crippen molar-refractivity contribution in [1.82, 2.24) is 4.98 Å². The second kappa shape index (κ2) is 8.44. The molecule has 0 saturated carbocycles. The van der Waals surface area contributed by atoms with Crippen molar-refractivity contribution in [2.75, 3.05) is 14.2 Å². The number of ether oxygens (including phenoxy) is 3. The van der Waals surface area contributed by atoms with Gasteiger partial charge in [-0.15, -0.1) is 0 Å². The summed E-state index contributed by atoms with van der Waals surface area (Å²) >= 11 is 0. The maximum atomic E-state index is 12.9. The molecule has 0 aliphatic carbocycles. The number of halogens is 2. The number of aromatic amines is 1. The molecule has 148 valence electrons. The molecular formula is C21H16F2N2O4. The summed E-state index contributed by atoms with van der Waals surface area (Å²) in [6.45, 7) is -3.07. The molecule has 0 fully saturated rings. The van der Waals surface area contributed by atoms with Crippen LogP contribution in [-0.2, 0) is 0 Å². The van der Waals surface area contributed by atoms with E-state index in [4.69, 9.17) is 9.47 Å². The van der Waals surface area contributed by atoms with Crippen LogP contribution in [0.25, 0.3) is 17.0 Å². The molecular weight excluding hydrogens is 382 g/mol. The molecule has 2 aromatic carbocycles. The zero-order chi connectivity index (χ0) is 21.0. The van der Waals surface area contributed by atoms with Gasteiger partial charge >= 0.3 is 6.61 Å². The summed E-state index contributed by atoms with van der Waals surface area (Å²) in [5.74, 6) is -0.792. The Morgan fingerprint density at radius 3 is 2.41 bits per heavy atom. The average Bonchev–Trinajstić information content (AvgIpc) is 3.15. The Morgan fingerprint density at radius 2 is 1.83 bits per heavy atom. The van der Waals surface area contributed by atoms with E-state index in [1.54, 1.807) is 18.3 Å². The first-order chi connectivity index (χ1) is 14.0. The Balaban J connectivity index is 2.05. The topological polar surface area (TPSA) is 84.3 Å². The number of Topliss-reactive ketones (excluding diaryl/α,β-unsaturated/α-hetero) is 1. The van der Waals surface area contributed by atoms with E-state index in [2.05, 4.69) is 9.72 Å². The third-order valence-corrected chi connectivity index (χ3v) is 4.20. The highest BCUT2D eigenvalue weighted by atomic mass is 19.3. The molecule has 6 nitrogen and oxygen atoms in total. The minimum Gasteiger partial charge on any atom is -0.493 e. The zero-order valence-corrected chi connectivity index (χ0v) is 15.5. The second-order valence-electron chi connectivity index (χ2n) is 5.88. The van der Waals surface area contributed by atoms with Crippen LogP contribution in [0.2, 0.25) is 0 Å². The van der Waals surface area contributed by atoms with E-state index in [0.717, 1.165) is 5.52 Å². The minimum atomic E-state index is -3.07. The van der Waals surface area contributed by atoms with Gasteiger partial charge in [0, 0.05) is 22.7 Å². The maximum Gasteiger partial charge on any atom is 0.387 e. The first-order valence-corrected chi connectivity index (χ1v) is 8.42. The Morgan fingerprint density at radius 1 is 1.17 bits per heavy atom. The van der Waals surface area contributed by atoms with E-state index in [1.807, 2.05) is 18.2 Å². The molecule has 0 spiro atoms. The number of ketones is 1. The molecule has 0 unspecified atom stereocenters. The van der Waals surface area contributed by atoms with Crippen molar-refractivity contribution in [2.45, 2.75) is 6.61 Å². The summed E-state index contributed by atoms with van der Waals surface area (Å²) in [6.07, 6.45) is 2.88. The van der Waals surface area contributed by atoms with Crippen LogP contribution in [0.5, 0.6) is 17.2 Å². The SMILES string of the molecule is COc1cc(/C=C(\C#N)C(=O)c2c[nH]c3ccccc23)cc(OC)c1OC(F)F. The smallest absolute Gasteiger partial charge is 0.387 e. The molecule has 0 atom stereocenters. The normalized spacial score (nSPS) is 11.4. The molecule has 0 radical (unpaired) electrons. The number of carbonyl (C=O) groups excluding carboxylic acids is 1. The average molecular weight is 398 g/mol. The fraction of sp³-hybridized carbons (Fsp3) is 0.143. The van der Waals surface area contributed by atoms with E-state index in [0.29, 0.717) is 16.5 Å². The summed E-state index contributed by atoms with van der Waals surface area (Å²) in [5.41, 5.74) is 1.33. The lowest BCUT2D eigenvalue weighted by molar-refractivity contribution is -0.0526. The number of para-hydroxylation sites is 1. The van der Waals surface area contributed by atoms with E-state index >= 15 is 0 Å². The first kappa shape index (κ1) is 19.9. The number of nitriles is 1. The number of aromatic nitrogens is 1. The van der Waals surface area contributed by atoms with Crippen LogP contribution in [0.1, 0.15) is 15.9 Å². The Kier molecular flexibility index (Phi) is 5.79. The van der Waals surface area contributed by atoms with E-state index in [9.17, 15) is 18.8 Å². The van der Waals surface area contributed by atoms with Crippen LogP contribution in [0.3, 0.4) is 0 Å². The van der Waals surface area contributed by atoms with Gasteiger partial charge in [-0.25, -0.2) is 0 Å². The molecule has 29 heavy (non-hydrogen) atoms. The molecule has 3 rings (SSSR count).